The van der Waals surface area contributed by atoms with Gasteiger partial charge in [-0.3, -0.25) is 4.79 Å². The first-order valence-electron chi connectivity index (χ1n) is 7.37. The Hall–Kier alpha value is -3.39. The summed E-state index contributed by atoms with van der Waals surface area (Å²) in [6.07, 6.45) is 8.05. The van der Waals surface area contributed by atoms with Gasteiger partial charge in [0.1, 0.15) is 22.8 Å². The maximum Gasteiger partial charge on any atom is 0.248 e. The fourth-order valence-corrected chi connectivity index (χ4v) is 3.16. The van der Waals surface area contributed by atoms with E-state index in [1.165, 1.54) is 23.7 Å². The highest BCUT2D eigenvalue weighted by Gasteiger charge is 2.12. The predicted molar refractivity (Wildman–Crippen MR) is 97.1 cm³/mol. The molecule has 0 aliphatic heterocycles. The molecule has 122 valence electrons. The molecule has 0 bridgehead atoms. The molecule has 0 unspecified atom stereocenters. The van der Waals surface area contributed by atoms with Gasteiger partial charge in [-0.2, -0.15) is 0 Å². The molecule has 8 heteroatoms. The molecule has 1 amide bonds. The van der Waals surface area contributed by atoms with Crippen LogP contribution in [0.4, 0.5) is 5.82 Å². The molecule has 0 saturated heterocycles. The van der Waals surface area contributed by atoms with E-state index >= 15 is 0 Å². The summed E-state index contributed by atoms with van der Waals surface area (Å²) in [4.78, 5) is 31.6. The Morgan fingerprint density at radius 1 is 1.36 bits per heavy atom. The highest BCUT2D eigenvalue weighted by atomic mass is 32.1. The van der Waals surface area contributed by atoms with E-state index in [-0.39, 0.29) is 5.91 Å². The second-order valence-electron chi connectivity index (χ2n) is 5.15. The molecule has 0 atom stereocenters. The van der Waals surface area contributed by atoms with Crippen LogP contribution in [0.1, 0.15) is 0 Å². The Kier molecular flexibility index (Phi) is 3.79. The van der Waals surface area contributed by atoms with Crippen molar-refractivity contribution in [3.8, 4) is 21.8 Å². The second-order valence-corrected chi connectivity index (χ2v) is 6.01. The average molecular weight is 348 g/mol. The summed E-state index contributed by atoms with van der Waals surface area (Å²) >= 11 is 1.43. The van der Waals surface area contributed by atoms with E-state index in [0.29, 0.717) is 5.82 Å². The number of nitrogens with zero attached hydrogens (tertiary/aromatic N) is 4. The number of H-pyrrole nitrogens is 1. The van der Waals surface area contributed by atoms with Gasteiger partial charge in [0.25, 0.3) is 0 Å². The number of hydrogen-bond donors (Lipinski definition) is 2. The maximum absolute atomic E-state index is 11.4. The van der Waals surface area contributed by atoms with Gasteiger partial charge < -0.3 is 10.3 Å². The van der Waals surface area contributed by atoms with Crippen LogP contribution in [0, 0.1) is 0 Å². The van der Waals surface area contributed by atoms with Crippen LogP contribution in [0.25, 0.3) is 32.9 Å². The topological polar surface area (TPSA) is 96.5 Å². The molecule has 4 aromatic rings. The highest BCUT2D eigenvalue weighted by Crippen LogP contribution is 2.31. The molecule has 4 aromatic heterocycles. The van der Waals surface area contributed by atoms with E-state index in [1.807, 2.05) is 18.3 Å². The number of hydrogen-bond acceptors (Lipinski definition) is 6. The van der Waals surface area contributed by atoms with Crippen LogP contribution in [0.3, 0.4) is 0 Å². The normalized spacial score (nSPS) is 10.7. The minimum absolute atomic E-state index is 0.290. The van der Waals surface area contributed by atoms with Crippen molar-refractivity contribution < 1.29 is 4.79 Å². The smallest absolute Gasteiger partial charge is 0.248 e. The fraction of sp³-hybridized carbons (Fsp3) is 0. The highest BCUT2D eigenvalue weighted by molar-refractivity contribution is 7.13. The van der Waals surface area contributed by atoms with Gasteiger partial charge in [-0.15, -0.1) is 11.3 Å². The summed E-state index contributed by atoms with van der Waals surface area (Å²) in [6, 6.07) is 3.86. The number of aromatic amines is 1. The Bertz CT molecular complexity index is 1070. The van der Waals surface area contributed by atoms with Crippen molar-refractivity contribution in [2.75, 3.05) is 5.32 Å². The number of thiazole rings is 1. The van der Waals surface area contributed by atoms with Crippen molar-refractivity contribution >= 4 is 34.1 Å². The first kappa shape index (κ1) is 15.2. The zero-order chi connectivity index (χ0) is 17.2. The number of carbonyl (C=O) groups excluding carboxylic acids is 1. The lowest BCUT2D eigenvalue weighted by molar-refractivity contribution is -0.111. The van der Waals surface area contributed by atoms with Crippen molar-refractivity contribution in [1.82, 2.24) is 24.9 Å². The first-order valence-corrected chi connectivity index (χ1v) is 8.25. The van der Waals surface area contributed by atoms with Crippen LogP contribution in [-0.4, -0.2) is 30.8 Å². The van der Waals surface area contributed by atoms with E-state index in [4.69, 9.17) is 0 Å². The van der Waals surface area contributed by atoms with Crippen LogP contribution in [0.2, 0.25) is 0 Å². The number of nitrogens with one attached hydrogen (secondary N) is 2. The van der Waals surface area contributed by atoms with E-state index in [1.54, 1.807) is 17.8 Å². The molecular weight excluding hydrogens is 336 g/mol. The van der Waals surface area contributed by atoms with Gasteiger partial charge in [0.2, 0.25) is 5.91 Å². The Morgan fingerprint density at radius 3 is 3.08 bits per heavy atom. The summed E-state index contributed by atoms with van der Waals surface area (Å²) in [7, 11) is 0. The van der Waals surface area contributed by atoms with Crippen LogP contribution < -0.4 is 5.32 Å². The molecule has 0 fully saturated rings. The summed E-state index contributed by atoms with van der Waals surface area (Å²) in [6.45, 7) is 3.43. The largest absolute Gasteiger partial charge is 0.345 e. The number of pyridine rings is 1. The van der Waals surface area contributed by atoms with Crippen LogP contribution in [0.15, 0.2) is 55.1 Å². The molecule has 0 aliphatic carbocycles. The van der Waals surface area contributed by atoms with E-state index in [0.717, 1.165) is 32.9 Å². The lowest BCUT2D eigenvalue weighted by Gasteiger charge is -2.00. The number of amides is 1. The average Bonchev–Trinajstić information content (AvgIpc) is 3.28. The number of carbonyl (C=O) groups is 1. The Balaban J connectivity index is 1.74. The first-order chi connectivity index (χ1) is 12.2. The third-order valence-corrected chi connectivity index (χ3v) is 4.47. The minimum Gasteiger partial charge on any atom is -0.345 e. The molecule has 25 heavy (non-hydrogen) atoms. The monoisotopic (exact) mass is 348 g/mol. The molecule has 0 saturated carbocycles. The summed E-state index contributed by atoms with van der Waals surface area (Å²) in [5.74, 6) is 0.206. The lowest BCUT2D eigenvalue weighted by atomic mass is 10.1. The molecule has 4 heterocycles. The molecule has 4 rings (SSSR count). The zero-order valence-electron chi connectivity index (χ0n) is 12.9. The van der Waals surface area contributed by atoms with Crippen molar-refractivity contribution in [3.05, 3.63) is 55.1 Å². The van der Waals surface area contributed by atoms with Gasteiger partial charge in [-0.05, 0) is 18.2 Å². The van der Waals surface area contributed by atoms with Gasteiger partial charge >= 0.3 is 0 Å². The third-order valence-electron chi connectivity index (χ3n) is 3.58. The van der Waals surface area contributed by atoms with Crippen molar-refractivity contribution in [2.24, 2.45) is 0 Å². The Morgan fingerprint density at radius 2 is 2.28 bits per heavy atom. The van der Waals surface area contributed by atoms with Crippen LogP contribution >= 0.6 is 11.3 Å². The summed E-state index contributed by atoms with van der Waals surface area (Å²) in [5.41, 5.74) is 3.40. The summed E-state index contributed by atoms with van der Waals surface area (Å²) in [5, 5.41) is 6.15. The quantitative estimate of drug-likeness (QED) is 0.552. The number of anilines is 1. The van der Waals surface area contributed by atoms with Crippen molar-refractivity contribution in [2.45, 2.75) is 0 Å². The van der Waals surface area contributed by atoms with E-state index in [2.05, 4.69) is 36.8 Å². The predicted octanol–water partition coefficient (Wildman–Crippen LogP) is 3.27. The number of fused-ring (bicyclic) bond motifs is 1. The second kappa shape index (κ2) is 6.25. The van der Waals surface area contributed by atoms with E-state index in [9.17, 15) is 4.79 Å². The molecule has 0 aliphatic rings. The molecule has 0 radical (unpaired) electrons. The maximum atomic E-state index is 11.4. The standard InChI is InChI=1S/C17H12N6OS/c1-2-15(24)22-14-8-25-17(23-14)10-5-11-12(7-20-16(11)19-6-10)13-3-4-18-9-21-13/h2-9H,1H2,(H,19,20)(H,22,24). The Labute approximate surface area is 146 Å². The number of rotatable bonds is 4. The zero-order valence-corrected chi connectivity index (χ0v) is 13.7. The fourth-order valence-electron chi connectivity index (χ4n) is 2.42. The molecule has 7 nitrogen and oxygen atoms in total. The SMILES string of the molecule is C=CC(=O)Nc1csc(-c2cnc3[nH]cc(-c4ccncn4)c3c2)n1. The summed E-state index contributed by atoms with van der Waals surface area (Å²) < 4.78 is 0. The minimum atomic E-state index is -0.290. The number of aromatic nitrogens is 5. The van der Waals surface area contributed by atoms with Crippen LogP contribution in [0.5, 0.6) is 0 Å². The van der Waals surface area contributed by atoms with Crippen molar-refractivity contribution in [1.29, 1.82) is 0 Å². The molecular formula is C17H12N6OS. The molecule has 0 spiro atoms. The third kappa shape index (κ3) is 2.90. The van der Waals surface area contributed by atoms with Gasteiger partial charge in [-0.25, -0.2) is 19.9 Å². The van der Waals surface area contributed by atoms with E-state index < -0.39 is 0 Å². The lowest BCUT2D eigenvalue weighted by Crippen LogP contribution is -2.07. The van der Waals surface area contributed by atoms with Gasteiger partial charge in [-0.1, -0.05) is 6.58 Å². The van der Waals surface area contributed by atoms with Crippen LogP contribution in [-0.2, 0) is 4.79 Å². The molecule has 0 aromatic carbocycles. The van der Waals surface area contributed by atoms with Crippen molar-refractivity contribution in [3.63, 3.8) is 0 Å². The molecule has 2 N–H and O–H groups in total. The van der Waals surface area contributed by atoms with Gasteiger partial charge in [0.05, 0.1) is 5.69 Å². The van der Waals surface area contributed by atoms with Gasteiger partial charge in [0.15, 0.2) is 0 Å². The van der Waals surface area contributed by atoms with Gasteiger partial charge in [0, 0.05) is 40.5 Å².